The second-order valence-electron chi connectivity index (χ2n) is 6.92. The molecule has 8 heteroatoms. The number of nitrogens with one attached hydrogen (secondary N) is 1. The molecular formula is C16H22F3N3O2. The molecule has 2 N–H and O–H groups in total. The molecule has 1 saturated heterocycles. The molecule has 1 aromatic rings. The highest BCUT2D eigenvalue weighted by Crippen LogP contribution is 2.31. The summed E-state index contributed by atoms with van der Waals surface area (Å²) in [6.07, 6.45) is -3.24. The van der Waals surface area contributed by atoms with Gasteiger partial charge in [-0.1, -0.05) is 6.07 Å². The minimum atomic E-state index is -4.47. The molecule has 0 bridgehead atoms. The van der Waals surface area contributed by atoms with E-state index in [-0.39, 0.29) is 24.5 Å². The van der Waals surface area contributed by atoms with Crippen LogP contribution in [0.3, 0.4) is 0 Å². The van der Waals surface area contributed by atoms with Gasteiger partial charge in [-0.2, -0.15) is 13.2 Å². The van der Waals surface area contributed by atoms with Gasteiger partial charge >= 0.3 is 6.18 Å². The van der Waals surface area contributed by atoms with Crippen LogP contribution in [-0.4, -0.2) is 53.7 Å². The summed E-state index contributed by atoms with van der Waals surface area (Å²) in [5.41, 5.74) is -1.19. The lowest BCUT2D eigenvalue weighted by Crippen LogP contribution is -2.47. The third-order valence-electron chi connectivity index (χ3n) is 4.33. The Morgan fingerprint density at radius 1 is 1.38 bits per heavy atom. The number of aliphatic hydroxyl groups is 1. The van der Waals surface area contributed by atoms with Crippen LogP contribution in [-0.2, 0) is 11.0 Å². The molecule has 1 fully saturated rings. The summed E-state index contributed by atoms with van der Waals surface area (Å²) in [5.74, 6) is -0.432. The smallest absolute Gasteiger partial charge is 0.395 e. The number of hydrogen-bond donors (Lipinski definition) is 2. The highest BCUT2D eigenvalue weighted by molar-refractivity contribution is 5.82. The molecule has 2 atom stereocenters. The third-order valence-corrected chi connectivity index (χ3v) is 4.33. The maximum atomic E-state index is 12.6. The normalized spacial score (nSPS) is 22.6. The number of nitrogens with zero attached hydrogens (tertiary/aromatic N) is 2. The lowest BCUT2D eigenvalue weighted by atomic mass is 9.91. The maximum absolute atomic E-state index is 12.6. The molecule has 0 radical (unpaired) electrons. The van der Waals surface area contributed by atoms with Crippen LogP contribution in [0.25, 0.3) is 0 Å². The SMILES string of the molecule is CN1CC(NC(=O)C(C)(C)CO)C(c2ccc(C(F)(F)F)nc2)C1. The Kier molecular flexibility index (Phi) is 5.19. The van der Waals surface area contributed by atoms with Gasteiger partial charge in [0.1, 0.15) is 5.69 Å². The van der Waals surface area contributed by atoms with Crippen molar-refractivity contribution in [1.82, 2.24) is 15.2 Å². The van der Waals surface area contributed by atoms with Gasteiger partial charge in [-0.05, 0) is 32.5 Å². The molecule has 1 amide bonds. The van der Waals surface area contributed by atoms with E-state index in [4.69, 9.17) is 0 Å². The molecule has 5 nitrogen and oxygen atoms in total. The Bertz CT molecular complexity index is 587. The number of amides is 1. The molecule has 24 heavy (non-hydrogen) atoms. The number of aromatic nitrogens is 1. The highest BCUT2D eigenvalue weighted by Gasteiger charge is 2.37. The zero-order valence-electron chi connectivity index (χ0n) is 13.9. The first kappa shape index (κ1) is 18.7. The monoisotopic (exact) mass is 345 g/mol. The van der Waals surface area contributed by atoms with Crippen LogP contribution in [0, 0.1) is 5.41 Å². The Morgan fingerprint density at radius 2 is 2.04 bits per heavy atom. The molecule has 134 valence electrons. The van der Waals surface area contributed by atoms with E-state index >= 15 is 0 Å². The van der Waals surface area contributed by atoms with Gasteiger partial charge in [0.15, 0.2) is 0 Å². The summed E-state index contributed by atoms with van der Waals surface area (Å²) >= 11 is 0. The highest BCUT2D eigenvalue weighted by atomic mass is 19.4. The topological polar surface area (TPSA) is 65.5 Å². The molecule has 2 unspecified atom stereocenters. The van der Waals surface area contributed by atoms with Gasteiger partial charge in [0, 0.05) is 31.2 Å². The fraction of sp³-hybridized carbons (Fsp3) is 0.625. The van der Waals surface area contributed by atoms with Crippen molar-refractivity contribution >= 4 is 5.91 Å². The van der Waals surface area contributed by atoms with Crippen molar-refractivity contribution in [3.8, 4) is 0 Å². The number of carbonyl (C=O) groups is 1. The van der Waals surface area contributed by atoms with Crippen LogP contribution in [0.2, 0.25) is 0 Å². The molecule has 1 aliphatic rings. The number of rotatable bonds is 4. The molecule has 1 aliphatic heterocycles. The van der Waals surface area contributed by atoms with Crippen molar-refractivity contribution in [3.63, 3.8) is 0 Å². The van der Waals surface area contributed by atoms with Crippen molar-refractivity contribution < 1.29 is 23.1 Å². The van der Waals surface area contributed by atoms with Crippen LogP contribution in [0.15, 0.2) is 18.3 Å². The van der Waals surface area contributed by atoms with E-state index in [0.717, 1.165) is 6.07 Å². The predicted molar refractivity (Wildman–Crippen MR) is 82.3 cm³/mol. The standard InChI is InChI=1S/C16H22F3N3O2/c1-15(2,9-23)14(24)21-12-8-22(3)7-11(12)10-4-5-13(20-6-10)16(17,18)19/h4-6,11-12,23H,7-9H2,1-3H3,(H,21,24). The lowest BCUT2D eigenvalue weighted by Gasteiger charge is -2.26. The first-order valence-electron chi connectivity index (χ1n) is 7.68. The Morgan fingerprint density at radius 3 is 2.54 bits per heavy atom. The van der Waals surface area contributed by atoms with Crippen molar-refractivity contribution in [2.24, 2.45) is 5.41 Å². The van der Waals surface area contributed by atoms with E-state index in [2.05, 4.69) is 10.3 Å². The Balaban J connectivity index is 2.17. The molecule has 0 aliphatic carbocycles. The van der Waals surface area contributed by atoms with E-state index in [1.807, 2.05) is 11.9 Å². The van der Waals surface area contributed by atoms with Crippen molar-refractivity contribution in [2.75, 3.05) is 26.7 Å². The van der Waals surface area contributed by atoms with Crippen molar-refractivity contribution in [3.05, 3.63) is 29.6 Å². The largest absolute Gasteiger partial charge is 0.433 e. The number of hydrogen-bond acceptors (Lipinski definition) is 4. The minimum Gasteiger partial charge on any atom is -0.395 e. The van der Waals surface area contributed by atoms with Gasteiger partial charge in [-0.15, -0.1) is 0 Å². The first-order valence-corrected chi connectivity index (χ1v) is 7.68. The van der Waals surface area contributed by atoms with E-state index in [9.17, 15) is 23.1 Å². The number of likely N-dealkylation sites (tertiary alicyclic amines) is 1. The average molecular weight is 345 g/mol. The van der Waals surface area contributed by atoms with Gasteiger partial charge in [-0.3, -0.25) is 9.78 Å². The summed E-state index contributed by atoms with van der Waals surface area (Å²) in [6, 6.07) is 2.13. The first-order chi connectivity index (χ1) is 11.0. The van der Waals surface area contributed by atoms with Crippen LogP contribution in [0.4, 0.5) is 13.2 Å². The third kappa shape index (κ3) is 4.05. The summed E-state index contributed by atoms with van der Waals surface area (Å²) in [7, 11) is 1.88. The molecule has 0 aromatic carbocycles. The number of halogens is 3. The van der Waals surface area contributed by atoms with Crippen molar-refractivity contribution in [1.29, 1.82) is 0 Å². The maximum Gasteiger partial charge on any atom is 0.433 e. The van der Waals surface area contributed by atoms with Crippen LogP contribution >= 0.6 is 0 Å². The number of likely N-dealkylation sites (N-methyl/N-ethyl adjacent to an activating group) is 1. The quantitative estimate of drug-likeness (QED) is 0.871. The summed E-state index contributed by atoms with van der Waals surface area (Å²) in [5, 5.41) is 12.2. The predicted octanol–water partition coefficient (Wildman–Crippen LogP) is 1.63. The molecule has 1 aromatic heterocycles. The molecular weight excluding hydrogens is 323 g/mol. The van der Waals surface area contributed by atoms with Gasteiger partial charge in [0.25, 0.3) is 0 Å². The fourth-order valence-electron chi connectivity index (χ4n) is 2.71. The van der Waals surface area contributed by atoms with Gasteiger partial charge in [0.2, 0.25) is 5.91 Å². The van der Waals surface area contributed by atoms with Crippen LogP contribution < -0.4 is 5.32 Å². The second kappa shape index (κ2) is 6.68. The Hall–Kier alpha value is -1.67. The van der Waals surface area contributed by atoms with Crippen molar-refractivity contribution in [2.45, 2.75) is 32.0 Å². The van der Waals surface area contributed by atoms with E-state index in [1.165, 1.54) is 12.3 Å². The van der Waals surface area contributed by atoms with Gasteiger partial charge in [-0.25, -0.2) is 0 Å². The van der Waals surface area contributed by atoms with Gasteiger partial charge < -0.3 is 15.3 Å². The molecule has 2 heterocycles. The number of aliphatic hydroxyl groups excluding tert-OH is 1. The number of alkyl halides is 3. The summed E-state index contributed by atoms with van der Waals surface area (Å²) in [6.45, 7) is 4.18. The summed E-state index contributed by atoms with van der Waals surface area (Å²) in [4.78, 5) is 17.8. The molecule has 0 saturated carbocycles. The fourth-order valence-corrected chi connectivity index (χ4v) is 2.71. The minimum absolute atomic E-state index is 0.150. The average Bonchev–Trinajstić information content (AvgIpc) is 2.87. The van der Waals surface area contributed by atoms with Gasteiger partial charge in [0.05, 0.1) is 12.0 Å². The van der Waals surface area contributed by atoms with Crippen LogP contribution in [0.1, 0.15) is 31.0 Å². The summed E-state index contributed by atoms with van der Waals surface area (Å²) < 4.78 is 37.9. The molecule has 2 rings (SSSR count). The van der Waals surface area contributed by atoms with E-state index in [1.54, 1.807) is 13.8 Å². The zero-order valence-corrected chi connectivity index (χ0v) is 13.9. The Labute approximate surface area is 138 Å². The van der Waals surface area contributed by atoms with E-state index in [0.29, 0.717) is 18.7 Å². The zero-order chi connectivity index (χ0) is 18.1. The molecule has 0 spiro atoms. The second-order valence-corrected chi connectivity index (χ2v) is 6.92. The number of pyridine rings is 1. The lowest BCUT2D eigenvalue weighted by molar-refractivity contribution is -0.141. The van der Waals surface area contributed by atoms with Crippen LogP contribution in [0.5, 0.6) is 0 Å². The van der Waals surface area contributed by atoms with E-state index < -0.39 is 17.3 Å². The number of carbonyl (C=O) groups excluding carboxylic acids is 1.